The first-order chi connectivity index (χ1) is 9.97. The van der Waals surface area contributed by atoms with Crippen molar-refractivity contribution in [2.75, 3.05) is 0 Å². The molecule has 5 nitrogen and oxygen atoms in total. The van der Waals surface area contributed by atoms with E-state index in [-0.39, 0.29) is 0 Å². The lowest BCUT2D eigenvalue weighted by Crippen LogP contribution is -2.22. The minimum atomic E-state index is -4.59. The molecule has 21 heavy (non-hydrogen) atoms. The Bertz CT molecular complexity index is 692. The molecule has 108 valence electrons. The molecule has 1 amide bonds. The van der Waals surface area contributed by atoms with Crippen LogP contribution in [0, 0.1) is 0 Å². The van der Waals surface area contributed by atoms with Gasteiger partial charge in [0.1, 0.15) is 5.44 Å². The Morgan fingerprint density at radius 2 is 1.48 bits per heavy atom. The van der Waals surface area contributed by atoms with E-state index < -0.39 is 18.9 Å². The predicted octanol–water partition coefficient (Wildman–Crippen LogP) is 2.59. The first-order valence-electron chi connectivity index (χ1n) is 6.16. The zero-order valence-corrected chi connectivity index (χ0v) is 11.9. The molecule has 0 atom stereocenters. The Morgan fingerprint density at radius 3 is 2.00 bits per heavy atom. The Hall–Kier alpha value is -2.20. The van der Waals surface area contributed by atoms with E-state index >= 15 is 0 Å². The van der Waals surface area contributed by atoms with Crippen molar-refractivity contribution in [3.8, 4) is 0 Å². The van der Waals surface area contributed by atoms with Crippen molar-refractivity contribution < 1.29 is 19.1 Å². The van der Waals surface area contributed by atoms with Crippen molar-refractivity contribution in [2.45, 2.75) is 0 Å². The number of carbonyl (C=O) groups excluding carboxylic acids is 1. The van der Waals surface area contributed by atoms with Crippen LogP contribution >= 0.6 is 7.60 Å². The molecular weight excluding hydrogens is 289 g/mol. The van der Waals surface area contributed by atoms with Gasteiger partial charge in [-0.2, -0.15) is 0 Å². The summed E-state index contributed by atoms with van der Waals surface area (Å²) in [4.78, 5) is 30.7. The van der Waals surface area contributed by atoms with E-state index in [1.54, 1.807) is 60.7 Å². The largest absolute Gasteiger partial charge is 0.372 e. The van der Waals surface area contributed by atoms with Gasteiger partial charge in [-0.05, 0) is 23.8 Å². The highest BCUT2D eigenvalue weighted by Crippen LogP contribution is 2.44. The number of benzene rings is 2. The van der Waals surface area contributed by atoms with Gasteiger partial charge in [-0.15, -0.1) is 0 Å². The van der Waals surface area contributed by atoms with Crippen molar-refractivity contribution in [1.82, 2.24) is 5.32 Å². The Morgan fingerprint density at radius 1 is 0.952 bits per heavy atom. The van der Waals surface area contributed by atoms with Gasteiger partial charge in [-0.25, -0.2) is 0 Å². The maximum Gasteiger partial charge on any atom is 0.372 e. The van der Waals surface area contributed by atoms with Gasteiger partial charge in [0.2, 0.25) is 0 Å². The lowest BCUT2D eigenvalue weighted by atomic mass is 10.2. The van der Waals surface area contributed by atoms with E-state index in [1.807, 2.05) is 0 Å². The number of hydrogen-bond acceptors (Lipinski definition) is 2. The summed E-state index contributed by atoms with van der Waals surface area (Å²) in [6, 6.07) is 16.9. The SMILES string of the molecule is O=C(NC(=Cc1ccccc1)P(=O)(O)O)c1ccccc1. The van der Waals surface area contributed by atoms with Crippen LogP contribution in [0.25, 0.3) is 6.08 Å². The fourth-order valence-electron chi connectivity index (χ4n) is 1.68. The van der Waals surface area contributed by atoms with Crippen LogP contribution in [0.15, 0.2) is 66.1 Å². The van der Waals surface area contributed by atoms with Crippen LogP contribution < -0.4 is 5.32 Å². The summed E-state index contributed by atoms with van der Waals surface area (Å²) in [6.45, 7) is 0. The molecule has 0 saturated heterocycles. The molecule has 0 fully saturated rings. The first-order valence-corrected chi connectivity index (χ1v) is 7.77. The fourth-order valence-corrected chi connectivity index (χ4v) is 2.24. The third-order valence-corrected chi connectivity index (χ3v) is 3.56. The van der Waals surface area contributed by atoms with Gasteiger partial charge in [0.05, 0.1) is 0 Å². The number of carbonyl (C=O) groups is 1. The minimum absolute atomic E-state index is 0.324. The van der Waals surface area contributed by atoms with Crippen molar-refractivity contribution in [3.63, 3.8) is 0 Å². The summed E-state index contributed by atoms with van der Waals surface area (Å²) in [5, 5.41) is 2.28. The summed E-state index contributed by atoms with van der Waals surface area (Å²) in [5.41, 5.74) is 0.483. The van der Waals surface area contributed by atoms with Crippen molar-refractivity contribution >= 4 is 19.6 Å². The summed E-state index contributed by atoms with van der Waals surface area (Å²) in [7, 11) is -4.59. The van der Waals surface area contributed by atoms with E-state index in [0.29, 0.717) is 11.1 Å². The molecule has 0 heterocycles. The summed E-state index contributed by atoms with van der Waals surface area (Å²) in [6.07, 6.45) is 1.27. The molecule has 0 bridgehead atoms. The summed E-state index contributed by atoms with van der Waals surface area (Å²) < 4.78 is 11.5. The zero-order chi connectivity index (χ0) is 15.3. The van der Waals surface area contributed by atoms with Crippen molar-refractivity contribution in [2.24, 2.45) is 0 Å². The topological polar surface area (TPSA) is 86.6 Å². The highest BCUT2D eigenvalue weighted by molar-refractivity contribution is 7.56. The number of rotatable bonds is 4. The maximum absolute atomic E-state index is 12.0. The van der Waals surface area contributed by atoms with Gasteiger partial charge in [0.15, 0.2) is 0 Å². The molecule has 2 aromatic carbocycles. The van der Waals surface area contributed by atoms with Gasteiger partial charge in [0.25, 0.3) is 5.91 Å². The molecule has 0 radical (unpaired) electrons. The number of amides is 1. The predicted molar refractivity (Wildman–Crippen MR) is 80.4 cm³/mol. The average Bonchev–Trinajstić information content (AvgIpc) is 2.47. The Balaban J connectivity index is 2.29. The normalized spacial score (nSPS) is 12.0. The molecule has 0 aromatic heterocycles. The Kier molecular flexibility index (Phi) is 4.70. The monoisotopic (exact) mass is 303 g/mol. The average molecular weight is 303 g/mol. The summed E-state index contributed by atoms with van der Waals surface area (Å²) >= 11 is 0. The molecule has 0 spiro atoms. The zero-order valence-electron chi connectivity index (χ0n) is 11.0. The molecule has 0 aliphatic carbocycles. The highest BCUT2D eigenvalue weighted by Gasteiger charge is 2.23. The molecule has 0 unspecified atom stereocenters. The van der Waals surface area contributed by atoms with Crippen LogP contribution in [-0.2, 0) is 4.57 Å². The van der Waals surface area contributed by atoms with Gasteiger partial charge in [0, 0.05) is 5.56 Å². The summed E-state index contributed by atoms with van der Waals surface area (Å²) in [5.74, 6) is -0.568. The molecule has 2 rings (SSSR count). The van der Waals surface area contributed by atoms with Crippen LogP contribution in [-0.4, -0.2) is 15.7 Å². The van der Waals surface area contributed by atoms with Crippen LogP contribution in [0.2, 0.25) is 0 Å². The smallest absolute Gasteiger partial charge is 0.320 e. The van der Waals surface area contributed by atoms with Crippen molar-refractivity contribution in [1.29, 1.82) is 0 Å². The second kappa shape index (κ2) is 6.50. The first kappa shape index (κ1) is 15.2. The molecule has 3 N–H and O–H groups in total. The standard InChI is InChI=1S/C15H14NO4P/c17-15(13-9-5-2-6-10-13)16-14(21(18,19)20)11-12-7-3-1-4-8-12/h1-11H,(H,16,17)(H2,18,19,20). The van der Waals surface area contributed by atoms with Crippen LogP contribution in [0.5, 0.6) is 0 Å². The van der Waals surface area contributed by atoms with Crippen LogP contribution in [0.1, 0.15) is 15.9 Å². The second-order valence-electron chi connectivity index (χ2n) is 4.30. The third-order valence-electron chi connectivity index (χ3n) is 2.69. The molecular formula is C15H14NO4P. The molecule has 0 saturated carbocycles. The van der Waals surface area contributed by atoms with Gasteiger partial charge < -0.3 is 15.1 Å². The van der Waals surface area contributed by atoms with E-state index in [2.05, 4.69) is 5.32 Å². The second-order valence-corrected chi connectivity index (χ2v) is 5.87. The van der Waals surface area contributed by atoms with E-state index in [9.17, 15) is 19.1 Å². The number of nitrogens with one attached hydrogen (secondary N) is 1. The van der Waals surface area contributed by atoms with Gasteiger partial charge in [-0.3, -0.25) is 9.36 Å². The fraction of sp³-hybridized carbons (Fsp3) is 0. The van der Waals surface area contributed by atoms with E-state index in [0.717, 1.165) is 0 Å². The lowest BCUT2D eigenvalue weighted by Gasteiger charge is -2.11. The van der Waals surface area contributed by atoms with Gasteiger partial charge in [-0.1, -0.05) is 48.5 Å². The Labute approximate surface area is 122 Å². The quantitative estimate of drug-likeness (QED) is 0.758. The lowest BCUT2D eigenvalue weighted by molar-refractivity contribution is 0.0966. The third kappa shape index (κ3) is 4.39. The molecule has 0 aliphatic rings. The minimum Gasteiger partial charge on any atom is -0.320 e. The number of hydrogen-bond donors (Lipinski definition) is 3. The highest BCUT2D eigenvalue weighted by atomic mass is 31.2. The van der Waals surface area contributed by atoms with E-state index in [1.165, 1.54) is 6.08 Å². The van der Waals surface area contributed by atoms with Gasteiger partial charge >= 0.3 is 7.60 Å². The molecule has 6 heteroatoms. The van der Waals surface area contributed by atoms with Crippen LogP contribution in [0.4, 0.5) is 0 Å². The molecule has 2 aromatic rings. The maximum atomic E-state index is 12.0. The van der Waals surface area contributed by atoms with Crippen LogP contribution in [0.3, 0.4) is 0 Å². The van der Waals surface area contributed by atoms with E-state index in [4.69, 9.17) is 0 Å². The van der Waals surface area contributed by atoms with Crippen molar-refractivity contribution in [3.05, 3.63) is 77.2 Å². The molecule has 0 aliphatic heterocycles.